The van der Waals surface area contributed by atoms with Gasteiger partial charge in [-0.15, -0.1) is 10.2 Å². The standard InChI is InChI=1S/C21H25N5O/c1-2-17-11-19(20-23-22-14-26(20)24-17)25-12-15-7-6-10-21(27,18(15)13-25)16-8-4-3-5-9-16/h3-5,8-9,11,14-15,18,27H,2,6-7,10,12-13H2,1H3/t15-,18+,21+/m0/s1. The molecule has 1 aliphatic carbocycles. The number of hydrogen-bond donors (Lipinski definition) is 1. The van der Waals surface area contributed by atoms with E-state index in [-0.39, 0.29) is 5.92 Å². The van der Waals surface area contributed by atoms with Crippen LogP contribution in [-0.4, -0.2) is 38.0 Å². The van der Waals surface area contributed by atoms with Gasteiger partial charge in [0.15, 0.2) is 0 Å². The number of hydrogen-bond acceptors (Lipinski definition) is 5. The number of rotatable bonds is 3. The van der Waals surface area contributed by atoms with Crippen LogP contribution in [0.15, 0.2) is 42.7 Å². The molecule has 140 valence electrons. The van der Waals surface area contributed by atoms with Gasteiger partial charge in [-0.3, -0.25) is 0 Å². The van der Waals surface area contributed by atoms with Crippen LogP contribution >= 0.6 is 0 Å². The minimum Gasteiger partial charge on any atom is -0.385 e. The third-order valence-electron chi connectivity index (χ3n) is 6.46. The summed E-state index contributed by atoms with van der Waals surface area (Å²) in [6.45, 7) is 3.90. The number of fused-ring (bicyclic) bond motifs is 2. The molecule has 1 aliphatic heterocycles. The van der Waals surface area contributed by atoms with Crippen LogP contribution < -0.4 is 4.90 Å². The zero-order valence-corrected chi connectivity index (χ0v) is 15.6. The number of aryl methyl sites for hydroxylation is 1. The van der Waals surface area contributed by atoms with E-state index in [0.29, 0.717) is 5.92 Å². The summed E-state index contributed by atoms with van der Waals surface area (Å²) in [5.74, 6) is 0.722. The second kappa shape index (κ2) is 6.30. The molecule has 0 amide bonds. The first-order valence-electron chi connectivity index (χ1n) is 9.92. The summed E-state index contributed by atoms with van der Waals surface area (Å²) in [7, 11) is 0. The Kier molecular flexibility index (Phi) is 3.90. The highest BCUT2D eigenvalue weighted by atomic mass is 16.3. The molecule has 2 aromatic heterocycles. The van der Waals surface area contributed by atoms with Gasteiger partial charge >= 0.3 is 0 Å². The van der Waals surface area contributed by atoms with E-state index in [1.807, 2.05) is 18.2 Å². The summed E-state index contributed by atoms with van der Waals surface area (Å²) in [6.07, 6.45) is 5.61. The van der Waals surface area contributed by atoms with E-state index in [9.17, 15) is 5.11 Å². The molecule has 0 bridgehead atoms. The molecule has 1 aromatic carbocycles. The number of aromatic nitrogens is 4. The van der Waals surface area contributed by atoms with Crippen molar-refractivity contribution in [2.45, 2.75) is 38.2 Å². The third-order valence-corrected chi connectivity index (χ3v) is 6.46. The lowest BCUT2D eigenvalue weighted by atomic mass is 9.67. The Bertz CT molecular complexity index is 956. The maximum absolute atomic E-state index is 11.7. The van der Waals surface area contributed by atoms with Gasteiger partial charge in [-0.1, -0.05) is 37.3 Å². The van der Waals surface area contributed by atoms with Crippen molar-refractivity contribution in [3.63, 3.8) is 0 Å². The van der Waals surface area contributed by atoms with Gasteiger partial charge in [-0.25, -0.2) is 0 Å². The molecule has 3 aromatic rings. The molecule has 1 saturated heterocycles. The molecule has 1 N–H and O–H groups in total. The number of anilines is 1. The summed E-state index contributed by atoms with van der Waals surface area (Å²) in [5.41, 5.74) is 3.23. The van der Waals surface area contributed by atoms with Gasteiger partial charge in [-0.2, -0.15) is 9.61 Å². The van der Waals surface area contributed by atoms with Crippen LogP contribution in [0.1, 0.15) is 37.4 Å². The lowest BCUT2D eigenvalue weighted by molar-refractivity contribution is -0.0631. The first kappa shape index (κ1) is 16.7. The van der Waals surface area contributed by atoms with Crippen molar-refractivity contribution in [3.05, 3.63) is 54.0 Å². The van der Waals surface area contributed by atoms with Crippen LogP contribution in [0.4, 0.5) is 5.69 Å². The molecule has 0 unspecified atom stereocenters. The highest BCUT2D eigenvalue weighted by molar-refractivity contribution is 5.69. The van der Waals surface area contributed by atoms with Crippen LogP contribution in [0.3, 0.4) is 0 Å². The van der Waals surface area contributed by atoms with Crippen molar-refractivity contribution in [2.75, 3.05) is 18.0 Å². The van der Waals surface area contributed by atoms with Crippen LogP contribution in [0.5, 0.6) is 0 Å². The summed E-state index contributed by atoms with van der Waals surface area (Å²) in [5, 5.41) is 24.6. The fraction of sp³-hybridized carbons (Fsp3) is 0.476. The van der Waals surface area contributed by atoms with Crippen molar-refractivity contribution in [1.82, 2.24) is 19.8 Å². The molecule has 6 nitrogen and oxygen atoms in total. The van der Waals surface area contributed by atoms with Gasteiger partial charge in [0.1, 0.15) is 6.33 Å². The molecule has 0 spiro atoms. The summed E-state index contributed by atoms with van der Waals surface area (Å²) in [4.78, 5) is 2.39. The molecule has 1 saturated carbocycles. The van der Waals surface area contributed by atoms with Crippen LogP contribution in [0.2, 0.25) is 0 Å². The van der Waals surface area contributed by atoms with Gasteiger partial charge in [0.2, 0.25) is 5.65 Å². The van der Waals surface area contributed by atoms with Crippen molar-refractivity contribution in [1.29, 1.82) is 0 Å². The summed E-state index contributed by atoms with van der Waals surface area (Å²) >= 11 is 0. The van der Waals surface area contributed by atoms with E-state index in [0.717, 1.165) is 54.9 Å². The minimum atomic E-state index is -0.747. The lowest BCUT2D eigenvalue weighted by Gasteiger charge is -2.41. The van der Waals surface area contributed by atoms with Gasteiger partial charge in [0.25, 0.3) is 0 Å². The van der Waals surface area contributed by atoms with E-state index >= 15 is 0 Å². The molecule has 27 heavy (non-hydrogen) atoms. The molecule has 5 rings (SSSR count). The van der Waals surface area contributed by atoms with Gasteiger partial charge in [-0.05, 0) is 43.2 Å². The number of nitrogens with zero attached hydrogens (tertiary/aromatic N) is 5. The summed E-state index contributed by atoms with van der Waals surface area (Å²) in [6, 6.07) is 12.4. The molecular weight excluding hydrogens is 338 g/mol. The van der Waals surface area contributed by atoms with E-state index in [1.165, 1.54) is 6.42 Å². The van der Waals surface area contributed by atoms with Gasteiger partial charge in [0.05, 0.1) is 17.0 Å². The zero-order valence-electron chi connectivity index (χ0n) is 15.6. The maximum Gasteiger partial charge on any atom is 0.200 e. The largest absolute Gasteiger partial charge is 0.385 e. The molecule has 2 aliphatic rings. The Morgan fingerprint density at radius 1 is 1.22 bits per heavy atom. The molecule has 0 radical (unpaired) electrons. The lowest BCUT2D eigenvalue weighted by Crippen LogP contribution is -2.42. The average molecular weight is 363 g/mol. The van der Waals surface area contributed by atoms with Crippen LogP contribution in [0.25, 0.3) is 5.65 Å². The van der Waals surface area contributed by atoms with Crippen molar-refractivity contribution in [2.24, 2.45) is 11.8 Å². The predicted octanol–water partition coefficient (Wildman–Crippen LogP) is 2.81. The number of aliphatic hydroxyl groups is 1. The Hall–Kier alpha value is -2.47. The Morgan fingerprint density at radius 2 is 2.07 bits per heavy atom. The van der Waals surface area contributed by atoms with E-state index in [2.05, 4.69) is 45.3 Å². The van der Waals surface area contributed by atoms with Crippen LogP contribution in [-0.2, 0) is 12.0 Å². The number of benzene rings is 1. The molecule has 3 heterocycles. The highest BCUT2D eigenvalue weighted by Crippen LogP contribution is 2.49. The fourth-order valence-electron chi connectivity index (χ4n) is 5.07. The Balaban J connectivity index is 1.53. The monoisotopic (exact) mass is 363 g/mol. The first-order valence-corrected chi connectivity index (χ1v) is 9.92. The van der Waals surface area contributed by atoms with E-state index in [4.69, 9.17) is 0 Å². The molecular formula is C21H25N5O. The van der Waals surface area contributed by atoms with Crippen molar-refractivity contribution >= 4 is 11.3 Å². The topological polar surface area (TPSA) is 66.5 Å². The average Bonchev–Trinajstić information content (AvgIpc) is 3.35. The van der Waals surface area contributed by atoms with Crippen LogP contribution in [0, 0.1) is 11.8 Å². The van der Waals surface area contributed by atoms with E-state index in [1.54, 1.807) is 10.8 Å². The SMILES string of the molecule is CCc1cc(N2C[C@@H]3CCC[C@@](O)(c4ccccc4)[C@@H]3C2)c2nncn2n1. The minimum absolute atomic E-state index is 0.231. The second-order valence-corrected chi connectivity index (χ2v) is 7.93. The smallest absolute Gasteiger partial charge is 0.200 e. The third kappa shape index (κ3) is 2.62. The molecule has 6 heteroatoms. The summed E-state index contributed by atoms with van der Waals surface area (Å²) < 4.78 is 1.78. The Labute approximate surface area is 158 Å². The second-order valence-electron chi connectivity index (χ2n) is 7.93. The van der Waals surface area contributed by atoms with Gasteiger partial charge < -0.3 is 10.0 Å². The predicted molar refractivity (Wildman–Crippen MR) is 104 cm³/mol. The normalized spacial score (nSPS) is 27.9. The first-order chi connectivity index (χ1) is 13.2. The van der Waals surface area contributed by atoms with Crippen molar-refractivity contribution in [3.8, 4) is 0 Å². The Morgan fingerprint density at radius 3 is 2.89 bits per heavy atom. The quantitative estimate of drug-likeness (QED) is 0.775. The van der Waals surface area contributed by atoms with E-state index < -0.39 is 5.60 Å². The maximum atomic E-state index is 11.7. The molecule has 3 atom stereocenters. The fourth-order valence-corrected chi connectivity index (χ4v) is 5.07. The molecule has 2 fully saturated rings. The van der Waals surface area contributed by atoms with Crippen molar-refractivity contribution < 1.29 is 5.11 Å². The van der Waals surface area contributed by atoms with Gasteiger partial charge in [0, 0.05) is 19.0 Å². The zero-order chi connectivity index (χ0) is 18.4. The highest BCUT2D eigenvalue weighted by Gasteiger charge is 2.50.